The second kappa shape index (κ2) is 16.7. The van der Waals surface area contributed by atoms with Crippen molar-refractivity contribution in [2.75, 3.05) is 33.3 Å². The van der Waals surface area contributed by atoms with Crippen molar-refractivity contribution in [2.45, 2.75) is 72.8 Å². The summed E-state index contributed by atoms with van der Waals surface area (Å²) < 4.78 is 4.60. The van der Waals surface area contributed by atoms with Crippen molar-refractivity contribution in [2.24, 2.45) is 5.92 Å². The van der Waals surface area contributed by atoms with Crippen molar-refractivity contribution < 1.29 is 14.3 Å². The average Bonchev–Trinajstić information content (AvgIpc) is 3.17. The summed E-state index contributed by atoms with van der Waals surface area (Å²) in [5.41, 5.74) is 3.82. The van der Waals surface area contributed by atoms with Gasteiger partial charge in [0.1, 0.15) is 0 Å². The van der Waals surface area contributed by atoms with E-state index in [2.05, 4.69) is 46.3 Å². The van der Waals surface area contributed by atoms with Crippen molar-refractivity contribution >= 4 is 11.9 Å². The van der Waals surface area contributed by atoms with Crippen LogP contribution in [0.1, 0.15) is 75.7 Å². The molecule has 0 saturated carbocycles. The van der Waals surface area contributed by atoms with Crippen molar-refractivity contribution in [1.82, 2.24) is 9.80 Å². The number of carbonyl (C=O) groups excluding carboxylic acids is 2. The molecule has 1 fully saturated rings. The largest absolute Gasteiger partial charge is 0.459 e. The van der Waals surface area contributed by atoms with Crippen molar-refractivity contribution in [3.8, 4) is 11.8 Å². The van der Waals surface area contributed by atoms with Crippen LogP contribution < -0.4 is 0 Å². The molecule has 0 aromatic heterocycles. The number of allylic oxidation sites excluding steroid dienone is 5. The van der Waals surface area contributed by atoms with E-state index >= 15 is 0 Å². The predicted molar refractivity (Wildman–Crippen MR) is 157 cm³/mol. The fourth-order valence-electron chi connectivity index (χ4n) is 4.67. The highest BCUT2D eigenvalue weighted by atomic mass is 16.5. The first-order valence-corrected chi connectivity index (χ1v) is 14.1. The molecule has 1 saturated heterocycles. The highest BCUT2D eigenvalue weighted by molar-refractivity contribution is 5.94. The van der Waals surface area contributed by atoms with Gasteiger partial charge >= 0.3 is 5.97 Å². The highest BCUT2D eigenvalue weighted by Gasteiger charge is 2.29. The zero-order valence-electron chi connectivity index (χ0n) is 24.3. The van der Waals surface area contributed by atoms with E-state index in [4.69, 9.17) is 0 Å². The number of hydrogen-bond donors (Lipinski definition) is 0. The lowest BCUT2D eigenvalue weighted by Gasteiger charge is -2.39. The number of piperidine rings is 1. The number of hydrogen-bond acceptors (Lipinski definition) is 4. The van der Waals surface area contributed by atoms with Gasteiger partial charge < -0.3 is 14.5 Å². The summed E-state index contributed by atoms with van der Waals surface area (Å²) in [7, 11) is 1.32. The number of methoxy groups -OCH3 is 1. The predicted octanol–water partition coefficient (Wildman–Crippen LogP) is 6.35. The van der Waals surface area contributed by atoms with Crippen molar-refractivity contribution in [3.05, 3.63) is 70.8 Å². The Morgan fingerprint density at radius 1 is 1.13 bits per heavy atom. The standard InChI is InChI=1S/C31H40N2O3.C2H6/c1-24(2)7-6-20-32-21-18-29(19-22-32)33(31(35)28-15-10-25(3)11-16-28)23-27-9-5-8-26(12-13-27)14-17-30(34)36-4;1-2/h5,8-12,15-16,24,29H,6-7,13,18-23H2,1-4H3;1-2H3. The molecule has 0 N–H and O–H groups in total. The average molecular weight is 519 g/mol. The number of amides is 1. The molecule has 38 heavy (non-hydrogen) atoms. The molecule has 5 nitrogen and oxygen atoms in total. The van der Waals surface area contributed by atoms with E-state index < -0.39 is 5.97 Å². The molecule has 1 heterocycles. The minimum absolute atomic E-state index is 0.0945. The molecular formula is C33H46N2O3. The molecule has 1 aromatic carbocycles. The Morgan fingerprint density at radius 2 is 1.82 bits per heavy atom. The molecule has 0 bridgehead atoms. The van der Waals surface area contributed by atoms with Gasteiger partial charge in [0.2, 0.25) is 0 Å². The SMILES string of the molecule is CC.COC(=O)C#CC1=CCC(CN(C(=O)c2ccc(C)cc2)C2CCN(CCCC(C)C)CC2)=CC=C1. The van der Waals surface area contributed by atoms with Crippen LogP contribution in [0, 0.1) is 24.7 Å². The van der Waals surface area contributed by atoms with Crippen molar-refractivity contribution in [1.29, 1.82) is 0 Å². The Balaban J connectivity index is 0.00000247. The molecule has 0 atom stereocenters. The fourth-order valence-corrected chi connectivity index (χ4v) is 4.67. The molecule has 0 unspecified atom stereocenters. The van der Waals surface area contributed by atoms with Gasteiger partial charge in [-0.2, -0.15) is 0 Å². The quantitative estimate of drug-likeness (QED) is 0.228. The molecule has 1 aliphatic carbocycles. The monoisotopic (exact) mass is 518 g/mol. The Hall–Kier alpha value is -3.10. The Labute approximate surface area is 230 Å². The second-order valence-electron chi connectivity index (χ2n) is 10.2. The number of aryl methyl sites for hydroxylation is 1. The van der Waals surface area contributed by atoms with Gasteiger partial charge in [0.25, 0.3) is 5.91 Å². The minimum atomic E-state index is -0.549. The maximum Gasteiger partial charge on any atom is 0.384 e. The van der Waals surface area contributed by atoms with Crippen molar-refractivity contribution in [3.63, 3.8) is 0 Å². The number of ether oxygens (including phenoxy) is 1. The molecule has 3 rings (SSSR count). The fraction of sp³-hybridized carbons (Fsp3) is 0.515. The molecule has 1 amide bonds. The van der Waals surface area contributed by atoms with Gasteiger partial charge in [-0.05, 0) is 75.3 Å². The van der Waals surface area contributed by atoms with E-state index in [1.54, 1.807) is 0 Å². The van der Waals surface area contributed by atoms with Crippen LogP contribution >= 0.6 is 0 Å². The van der Waals surface area contributed by atoms with Gasteiger partial charge in [-0.25, -0.2) is 4.79 Å². The Morgan fingerprint density at radius 3 is 2.45 bits per heavy atom. The lowest BCUT2D eigenvalue weighted by Crippen LogP contribution is -2.48. The number of nitrogens with zero attached hydrogens (tertiary/aromatic N) is 2. The summed E-state index contributed by atoms with van der Waals surface area (Å²) in [6, 6.07) is 8.11. The first-order chi connectivity index (χ1) is 18.4. The first kappa shape index (κ1) is 31.1. The molecule has 206 valence electrons. The molecule has 0 spiro atoms. The zero-order valence-corrected chi connectivity index (χ0v) is 24.3. The maximum atomic E-state index is 13.7. The minimum Gasteiger partial charge on any atom is -0.459 e. The summed E-state index contributed by atoms with van der Waals surface area (Å²) in [5, 5.41) is 0. The molecule has 0 radical (unpaired) electrons. The molecule has 2 aliphatic rings. The van der Waals surface area contributed by atoms with E-state index in [9.17, 15) is 9.59 Å². The maximum absolute atomic E-state index is 13.7. The summed E-state index contributed by atoms with van der Waals surface area (Å²) in [4.78, 5) is 29.7. The summed E-state index contributed by atoms with van der Waals surface area (Å²) in [6.07, 6.45) is 13.1. The van der Waals surface area contributed by atoms with E-state index in [0.717, 1.165) is 60.7 Å². The van der Waals surface area contributed by atoms with E-state index in [1.165, 1.54) is 20.0 Å². The third-order valence-electron chi connectivity index (χ3n) is 6.87. The molecule has 1 aliphatic heterocycles. The van der Waals surface area contributed by atoms with Crippen LogP contribution in [0.15, 0.2) is 59.7 Å². The number of benzene rings is 1. The summed E-state index contributed by atoms with van der Waals surface area (Å²) in [5.74, 6) is 5.63. The second-order valence-corrected chi connectivity index (χ2v) is 10.2. The van der Waals surface area contributed by atoms with Gasteiger partial charge in [0.05, 0.1) is 7.11 Å². The lowest BCUT2D eigenvalue weighted by atomic mass is 9.99. The van der Waals surface area contributed by atoms with E-state index in [-0.39, 0.29) is 11.9 Å². The van der Waals surface area contributed by atoms with Crippen LogP contribution in [-0.2, 0) is 9.53 Å². The van der Waals surface area contributed by atoms with Crippen LogP contribution in [0.3, 0.4) is 0 Å². The van der Waals surface area contributed by atoms with Crippen LogP contribution in [0.5, 0.6) is 0 Å². The zero-order chi connectivity index (χ0) is 27.9. The number of carbonyl (C=O) groups is 2. The smallest absolute Gasteiger partial charge is 0.384 e. The molecule has 5 heteroatoms. The van der Waals surface area contributed by atoms with E-state index in [0.29, 0.717) is 13.0 Å². The van der Waals surface area contributed by atoms with Gasteiger partial charge in [0, 0.05) is 42.7 Å². The van der Waals surface area contributed by atoms with Crippen LogP contribution in [-0.4, -0.2) is 61.0 Å². The molecule has 1 aromatic rings. The summed E-state index contributed by atoms with van der Waals surface area (Å²) >= 11 is 0. The normalized spacial score (nSPS) is 15.8. The number of rotatable bonds is 8. The van der Waals surface area contributed by atoms with E-state index in [1.807, 2.05) is 63.3 Å². The highest BCUT2D eigenvalue weighted by Crippen LogP contribution is 2.23. The third-order valence-corrected chi connectivity index (χ3v) is 6.87. The van der Waals surface area contributed by atoms with Crippen LogP contribution in [0.4, 0.5) is 0 Å². The Kier molecular flexibility index (Phi) is 13.7. The van der Waals surface area contributed by atoms with Gasteiger partial charge in [-0.1, -0.05) is 69.5 Å². The first-order valence-electron chi connectivity index (χ1n) is 14.1. The topological polar surface area (TPSA) is 49.9 Å². The van der Waals surface area contributed by atoms with Gasteiger partial charge in [0.15, 0.2) is 0 Å². The number of likely N-dealkylation sites (tertiary alicyclic amines) is 1. The summed E-state index contributed by atoms with van der Waals surface area (Å²) in [6.45, 7) is 14.4. The van der Waals surface area contributed by atoms with Gasteiger partial charge in [-0.15, -0.1) is 0 Å². The lowest BCUT2D eigenvalue weighted by molar-refractivity contribution is -0.133. The third kappa shape index (κ3) is 10.3. The van der Waals surface area contributed by atoms with Crippen LogP contribution in [0.2, 0.25) is 0 Å². The Bertz CT molecular complexity index is 1050. The number of esters is 1. The van der Waals surface area contributed by atoms with Crippen LogP contribution in [0.25, 0.3) is 0 Å². The molecular weight excluding hydrogens is 472 g/mol. The van der Waals surface area contributed by atoms with Gasteiger partial charge in [-0.3, -0.25) is 4.79 Å².